The molecular weight excluding hydrogens is 408 g/mol. The molecule has 0 spiro atoms. The predicted molar refractivity (Wildman–Crippen MR) is 116 cm³/mol. The Labute approximate surface area is 181 Å². The van der Waals surface area contributed by atoms with E-state index in [-0.39, 0.29) is 23.8 Å². The number of nitrogens with zero attached hydrogens (tertiary/aromatic N) is 4. The molecule has 156 valence electrons. The summed E-state index contributed by atoms with van der Waals surface area (Å²) in [5.41, 5.74) is 1.00. The Morgan fingerprint density at radius 1 is 0.844 bits per heavy atom. The van der Waals surface area contributed by atoms with Crippen LogP contribution in [-0.2, 0) is 11.3 Å². The molecule has 32 heavy (non-hydrogen) atoms. The number of aromatic nitrogens is 4. The van der Waals surface area contributed by atoms with Gasteiger partial charge >= 0.3 is 5.97 Å². The molecule has 0 bridgehead atoms. The summed E-state index contributed by atoms with van der Waals surface area (Å²) in [6.07, 6.45) is 0. The monoisotopic (exact) mass is 424 g/mol. The lowest BCUT2D eigenvalue weighted by molar-refractivity contribution is 0.0432. The zero-order chi connectivity index (χ0) is 21.9. The minimum absolute atomic E-state index is 0.0202. The van der Waals surface area contributed by atoms with Gasteiger partial charge in [0.15, 0.2) is 12.3 Å². The summed E-state index contributed by atoms with van der Waals surface area (Å²) in [5, 5.41) is 13.0. The number of ether oxygens (including phenoxy) is 1. The largest absolute Gasteiger partial charge is 0.451 e. The Balaban J connectivity index is 1.46. The first kappa shape index (κ1) is 19.4. The molecule has 0 radical (unpaired) electrons. The van der Waals surface area contributed by atoms with Gasteiger partial charge < -0.3 is 9.15 Å². The number of hydrogen-bond donors (Lipinski definition) is 0. The molecule has 2 heterocycles. The lowest BCUT2D eigenvalue weighted by Gasteiger charge is -2.10. The van der Waals surface area contributed by atoms with Gasteiger partial charge in [0.25, 0.3) is 11.4 Å². The Morgan fingerprint density at radius 2 is 1.50 bits per heavy atom. The van der Waals surface area contributed by atoms with Gasteiger partial charge in [0.1, 0.15) is 0 Å². The van der Waals surface area contributed by atoms with Crippen LogP contribution in [0.4, 0.5) is 0 Å². The molecule has 8 nitrogen and oxygen atoms in total. The first-order valence-electron chi connectivity index (χ1n) is 9.83. The maximum Gasteiger partial charge on any atom is 0.359 e. The zero-order valence-corrected chi connectivity index (χ0v) is 16.7. The third-order valence-corrected chi connectivity index (χ3v) is 4.81. The number of para-hydroxylation sites is 1. The van der Waals surface area contributed by atoms with Crippen molar-refractivity contribution < 1.29 is 13.9 Å². The van der Waals surface area contributed by atoms with Crippen molar-refractivity contribution in [1.82, 2.24) is 20.0 Å². The van der Waals surface area contributed by atoms with Crippen LogP contribution in [-0.4, -0.2) is 25.9 Å². The van der Waals surface area contributed by atoms with Crippen molar-refractivity contribution in [1.29, 1.82) is 0 Å². The lowest BCUT2D eigenvalue weighted by atomic mass is 10.1. The summed E-state index contributed by atoms with van der Waals surface area (Å²) in [6, 6.07) is 24.9. The molecule has 0 atom stereocenters. The van der Waals surface area contributed by atoms with Gasteiger partial charge in [0.05, 0.1) is 11.1 Å². The molecule has 2 aromatic heterocycles. The highest BCUT2D eigenvalue weighted by atomic mass is 16.5. The molecule has 0 amide bonds. The first-order chi connectivity index (χ1) is 15.7. The van der Waals surface area contributed by atoms with E-state index < -0.39 is 5.97 Å². The van der Waals surface area contributed by atoms with Crippen molar-refractivity contribution in [2.75, 3.05) is 0 Å². The Hall–Kier alpha value is -4.59. The van der Waals surface area contributed by atoms with Gasteiger partial charge in [-0.3, -0.25) is 4.79 Å². The van der Waals surface area contributed by atoms with Crippen molar-refractivity contribution in [3.63, 3.8) is 0 Å². The van der Waals surface area contributed by atoms with Gasteiger partial charge in [-0.05, 0) is 30.3 Å². The van der Waals surface area contributed by atoms with Crippen LogP contribution >= 0.6 is 0 Å². The topological polar surface area (TPSA) is 100 Å². The van der Waals surface area contributed by atoms with Crippen molar-refractivity contribution in [3.8, 4) is 17.1 Å². The van der Waals surface area contributed by atoms with E-state index in [0.29, 0.717) is 22.4 Å². The standard InChI is InChI=1S/C24H16N4O4/c29-23-19-14-8-7-13-18(19)21(27-28(23)17-11-5-2-6-12-17)24(30)31-15-20-25-26-22(32-20)16-9-3-1-4-10-16/h1-14H,15H2. The smallest absolute Gasteiger partial charge is 0.359 e. The first-order valence-corrected chi connectivity index (χ1v) is 9.83. The molecule has 0 unspecified atom stereocenters. The quantitative estimate of drug-likeness (QED) is 0.396. The van der Waals surface area contributed by atoms with Crippen LogP contribution < -0.4 is 5.56 Å². The normalized spacial score (nSPS) is 10.9. The number of esters is 1. The molecule has 3 aromatic carbocycles. The summed E-state index contributed by atoms with van der Waals surface area (Å²) < 4.78 is 12.2. The van der Waals surface area contributed by atoms with Gasteiger partial charge in [-0.2, -0.15) is 9.78 Å². The van der Waals surface area contributed by atoms with Crippen LogP contribution in [0.2, 0.25) is 0 Å². The molecule has 0 N–H and O–H groups in total. The van der Waals surface area contributed by atoms with Gasteiger partial charge in [-0.25, -0.2) is 4.79 Å². The minimum Gasteiger partial charge on any atom is -0.451 e. The summed E-state index contributed by atoms with van der Waals surface area (Å²) >= 11 is 0. The number of rotatable bonds is 5. The molecule has 0 aliphatic heterocycles. The van der Waals surface area contributed by atoms with E-state index in [1.54, 1.807) is 48.5 Å². The number of benzene rings is 3. The second kappa shape index (κ2) is 8.27. The fourth-order valence-corrected chi connectivity index (χ4v) is 3.29. The van der Waals surface area contributed by atoms with Crippen LogP contribution in [0.1, 0.15) is 16.4 Å². The third-order valence-electron chi connectivity index (χ3n) is 4.81. The van der Waals surface area contributed by atoms with Crippen molar-refractivity contribution in [3.05, 3.63) is 107 Å². The second-order valence-corrected chi connectivity index (χ2v) is 6.89. The van der Waals surface area contributed by atoms with Gasteiger partial charge in [-0.1, -0.05) is 54.6 Å². The zero-order valence-electron chi connectivity index (χ0n) is 16.7. The van der Waals surface area contributed by atoms with Crippen LogP contribution in [0, 0.1) is 0 Å². The highest BCUT2D eigenvalue weighted by Crippen LogP contribution is 2.19. The number of carbonyl (C=O) groups excluding carboxylic acids is 1. The SMILES string of the molecule is O=C(OCc1nnc(-c2ccccc2)o1)c1nn(-c2ccccc2)c(=O)c2ccccc12. The molecule has 0 saturated carbocycles. The van der Waals surface area contributed by atoms with E-state index in [9.17, 15) is 9.59 Å². The van der Waals surface area contributed by atoms with Crippen molar-refractivity contribution >= 4 is 16.7 Å². The Morgan fingerprint density at radius 3 is 2.25 bits per heavy atom. The molecule has 0 aliphatic rings. The highest BCUT2D eigenvalue weighted by molar-refractivity contribution is 6.02. The van der Waals surface area contributed by atoms with Crippen molar-refractivity contribution in [2.45, 2.75) is 6.61 Å². The highest BCUT2D eigenvalue weighted by Gasteiger charge is 2.20. The second-order valence-electron chi connectivity index (χ2n) is 6.89. The molecule has 5 rings (SSSR count). The Bertz CT molecular complexity index is 1460. The molecule has 0 saturated heterocycles. The summed E-state index contributed by atoms with van der Waals surface area (Å²) in [7, 11) is 0. The van der Waals surface area contributed by atoms with Gasteiger partial charge in [-0.15, -0.1) is 10.2 Å². The van der Waals surface area contributed by atoms with Gasteiger partial charge in [0.2, 0.25) is 5.89 Å². The average molecular weight is 424 g/mol. The van der Waals surface area contributed by atoms with Crippen LogP contribution in [0.5, 0.6) is 0 Å². The summed E-state index contributed by atoms with van der Waals surface area (Å²) in [6.45, 7) is -0.223. The minimum atomic E-state index is -0.703. The fraction of sp³-hybridized carbons (Fsp3) is 0.0417. The maximum atomic E-state index is 12.9. The van der Waals surface area contributed by atoms with Gasteiger partial charge in [0, 0.05) is 10.9 Å². The average Bonchev–Trinajstić information content (AvgIpc) is 3.33. The molecule has 0 aliphatic carbocycles. The van der Waals surface area contributed by atoms with E-state index in [1.165, 1.54) is 4.68 Å². The van der Waals surface area contributed by atoms with E-state index in [4.69, 9.17) is 9.15 Å². The van der Waals surface area contributed by atoms with Crippen LogP contribution in [0.25, 0.3) is 27.9 Å². The number of carbonyl (C=O) groups is 1. The van der Waals surface area contributed by atoms with Crippen molar-refractivity contribution in [2.24, 2.45) is 0 Å². The van der Waals surface area contributed by atoms with E-state index in [0.717, 1.165) is 5.56 Å². The van der Waals surface area contributed by atoms with E-state index in [2.05, 4.69) is 15.3 Å². The summed E-state index contributed by atoms with van der Waals surface area (Å²) in [5.74, 6) is -0.221. The summed E-state index contributed by atoms with van der Waals surface area (Å²) in [4.78, 5) is 25.8. The number of hydrogen-bond acceptors (Lipinski definition) is 7. The third kappa shape index (κ3) is 3.65. The predicted octanol–water partition coefficient (Wildman–Crippen LogP) is 3.79. The van der Waals surface area contributed by atoms with Crippen LogP contribution in [0.3, 0.4) is 0 Å². The Kier molecular flexibility index (Phi) is 5.01. The van der Waals surface area contributed by atoms with E-state index in [1.807, 2.05) is 36.4 Å². The van der Waals surface area contributed by atoms with Crippen LogP contribution in [0.15, 0.2) is 94.1 Å². The molecule has 5 aromatic rings. The fourth-order valence-electron chi connectivity index (χ4n) is 3.29. The molecule has 8 heteroatoms. The lowest BCUT2D eigenvalue weighted by Crippen LogP contribution is -2.25. The molecular formula is C24H16N4O4. The maximum absolute atomic E-state index is 12.9. The number of fused-ring (bicyclic) bond motifs is 1. The van der Waals surface area contributed by atoms with E-state index >= 15 is 0 Å². The molecule has 0 fully saturated rings.